The van der Waals surface area contributed by atoms with Crippen molar-refractivity contribution in [2.24, 2.45) is 0 Å². The van der Waals surface area contributed by atoms with Gasteiger partial charge in [0.15, 0.2) is 0 Å². The van der Waals surface area contributed by atoms with Crippen molar-refractivity contribution in [3.8, 4) is 0 Å². The van der Waals surface area contributed by atoms with Crippen LogP contribution < -0.4 is 5.32 Å². The predicted octanol–water partition coefficient (Wildman–Crippen LogP) is 21.4. The second-order valence-corrected chi connectivity index (χ2v) is 23.2. The molecule has 0 aliphatic heterocycles. The third kappa shape index (κ3) is 59.6. The molecule has 0 spiro atoms. The number of allylic oxidation sites excluding steroid dienone is 3. The molecule has 2 atom stereocenters. The van der Waals surface area contributed by atoms with Crippen molar-refractivity contribution in [3.05, 3.63) is 24.3 Å². The molecule has 0 fully saturated rings. The molecule has 1 amide bonds. The van der Waals surface area contributed by atoms with Gasteiger partial charge in [-0.3, -0.25) is 9.59 Å². The fourth-order valence-electron chi connectivity index (χ4n) is 10.6. The van der Waals surface area contributed by atoms with E-state index in [9.17, 15) is 19.8 Å². The standard InChI is InChI=1S/C68H131NO5/c1-3-5-7-9-11-13-15-17-18-19-20-25-28-31-34-37-40-44-48-52-56-60-66(71)65(64-70)69-67(72)61-57-53-49-45-41-38-35-32-29-26-23-21-22-24-27-30-33-36-39-43-47-51-55-59-63-74-68(73)62-58-54-50-46-42-16-14-12-10-8-6-4-2/h12,14,56,60,65-66,70-71H,3-11,13,15-55,57-59,61-64H2,1-2H3,(H,69,72)/b14-12-,60-56+. The van der Waals surface area contributed by atoms with Crippen LogP contribution in [0.25, 0.3) is 0 Å². The van der Waals surface area contributed by atoms with E-state index in [1.807, 2.05) is 6.08 Å². The van der Waals surface area contributed by atoms with Crippen LogP contribution in [0.15, 0.2) is 24.3 Å². The van der Waals surface area contributed by atoms with Crippen LogP contribution in [0.4, 0.5) is 0 Å². The molecular weight excluding hydrogens is 911 g/mol. The lowest BCUT2D eigenvalue weighted by Gasteiger charge is -2.20. The molecule has 0 radical (unpaired) electrons. The number of amides is 1. The van der Waals surface area contributed by atoms with Gasteiger partial charge in [-0.05, 0) is 57.8 Å². The minimum absolute atomic E-state index is 0.00541. The van der Waals surface area contributed by atoms with Gasteiger partial charge in [0.25, 0.3) is 0 Å². The van der Waals surface area contributed by atoms with E-state index in [-0.39, 0.29) is 18.5 Å². The van der Waals surface area contributed by atoms with E-state index in [0.717, 1.165) is 44.9 Å². The van der Waals surface area contributed by atoms with Crippen molar-refractivity contribution in [2.75, 3.05) is 13.2 Å². The summed E-state index contributed by atoms with van der Waals surface area (Å²) in [5.74, 6) is -0.0577. The second kappa shape index (κ2) is 63.9. The first-order valence-corrected chi connectivity index (χ1v) is 33.6. The molecule has 2 unspecified atom stereocenters. The SMILES string of the molecule is CCCCC/C=C\CCCCCCCC(=O)OCCCCCCCCCCCCCCCCCCCCCCCCCCC(=O)NC(CO)C(O)/C=C/CCCCCCCCCCCCCCCCCCCCC. The van der Waals surface area contributed by atoms with Crippen LogP contribution in [0, 0.1) is 0 Å². The van der Waals surface area contributed by atoms with E-state index in [4.69, 9.17) is 4.74 Å². The van der Waals surface area contributed by atoms with E-state index in [0.29, 0.717) is 19.4 Å². The fourth-order valence-corrected chi connectivity index (χ4v) is 10.6. The zero-order valence-electron chi connectivity index (χ0n) is 50.1. The summed E-state index contributed by atoms with van der Waals surface area (Å²) in [6, 6.07) is -0.628. The Balaban J connectivity index is 3.40. The fraction of sp³-hybridized carbons (Fsp3) is 0.912. The van der Waals surface area contributed by atoms with Crippen LogP contribution in [0.3, 0.4) is 0 Å². The van der Waals surface area contributed by atoms with E-state index < -0.39 is 12.1 Å². The molecule has 6 heteroatoms. The maximum atomic E-state index is 12.5. The zero-order chi connectivity index (χ0) is 53.6. The molecule has 0 aliphatic rings. The van der Waals surface area contributed by atoms with Crippen molar-refractivity contribution < 1.29 is 24.5 Å². The maximum Gasteiger partial charge on any atom is 0.305 e. The van der Waals surface area contributed by atoms with E-state index in [1.54, 1.807) is 6.08 Å². The van der Waals surface area contributed by atoms with Crippen LogP contribution in [-0.2, 0) is 14.3 Å². The molecule has 0 aromatic carbocycles. The zero-order valence-corrected chi connectivity index (χ0v) is 50.1. The summed E-state index contributed by atoms with van der Waals surface area (Å²) < 4.78 is 5.47. The number of ether oxygens (including phenoxy) is 1. The summed E-state index contributed by atoms with van der Waals surface area (Å²) in [6.45, 7) is 4.91. The number of nitrogens with one attached hydrogen (secondary N) is 1. The minimum Gasteiger partial charge on any atom is -0.466 e. The van der Waals surface area contributed by atoms with E-state index in [1.165, 1.54) is 302 Å². The summed E-state index contributed by atoms with van der Waals surface area (Å²) in [6.07, 6.45) is 79.5. The Labute approximate surface area is 462 Å². The van der Waals surface area contributed by atoms with Crippen molar-refractivity contribution in [1.29, 1.82) is 0 Å². The summed E-state index contributed by atoms with van der Waals surface area (Å²) >= 11 is 0. The highest BCUT2D eigenvalue weighted by Gasteiger charge is 2.18. The van der Waals surface area contributed by atoms with Gasteiger partial charge < -0.3 is 20.3 Å². The number of hydrogen-bond donors (Lipinski definition) is 3. The van der Waals surface area contributed by atoms with Gasteiger partial charge in [-0.2, -0.15) is 0 Å². The van der Waals surface area contributed by atoms with Gasteiger partial charge in [-0.15, -0.1) is 0 Å². The summed E-state index contributed by atoms with van der Waals surface area (Å²) in [5, 5.41) is 23.2. The van der Waals surface area contributed by atoms with Gasteiger partial charge >= 0.3 is 5.97 Å². The van der Waals surface area contributed by atoms with E-state index in [2.05, 4.69) is 31.3 Å². The molecule has 0 heterocycles. The lowest BCUT2D eigenvalue weighted by atomic mass is 10.0. The average molecular weight is 1040 g/mol. The molecule has 6 nitrogen and oxygen atoms in total. The van der Waals surface area contributed by atoms with Crippen LogP contribution >= 0.6 is 0 Å². The Morgan fingerprint density at radius 2 is 0.635 bits per heavy atom. The Hall–Kier alpha value is -1.66. The molecule has 0 aliphatic carbocycles. The average Bonchev–Trinajstić information content (AvgIpc) is 3.40. The van der Waals surface area contributed by atoms with Gasteiger partial charge in [0, 0.05) is 12.8 Å². The first-order valence-electron chi connectivity index (χ1n) is 33.6. The third-order valence-electron chi connectivity index (χ3n) is 15.7. The van der Waals surface area contributed by atoms with Gasteiger partial charge in [-0.25, -0.2) is 0 Å². The normalized spacial score (nSPS) is 12.6. The third-order valence-corrected chi connectivity index (χ3v) is 15.7. The van der Waals surface area contributed by atoms with Crippen molar-refractivity contribution in [1.82, 2.24) is 5.32 Å². The molecule has 0 saturated carbocycles. The minimum atomic E-state index is -0.844. The molecule has 0 rings (SSSR count). The molecule has 0 aromatic heterocycles. The van der Waals surface area contributed by atoms with Crippen LogP contribution in [0.1, 0.15) is 373 Å². The summed E-state index contributed by atoms with van der Waals surface area (Å²) in [4.78, 5) is 24.5. The Bertz CT molecular complexity index is 1150. The van der Waals surface area contributed by atoms with Gasteiger partial charge in [-0.1, -0.05) is 327 Å². The molecule has 0 saturated heterocycles. The maximum absolute atomic E-state index is 12.5. The molecular formula is C68H131NO5. The first kappa shape index (κ1) is 72.3. The predicted molar refractivity (Wildman–Crippen MR) is 324 cm³/mol. The molecule has 438 valence electrons. The number of hydrogen-bond acceptors (Lipinski definition) is 5. The topological polar surface area (TPSA) is 95.9 Å². The quantitative estimate of drug-likeness (QED) is 0.0320. The number of aliphatic hydroxyl groups is 2. The Morgan fingerprint density at radius 1 is 0.365 bits per heavy atom. The number of carbonyl (C=O) groups is 2. The van der Waals surface area contributed by atoms with Crippen molar-refractivity contribution in [2.45, 2.75) is 386 Å². The van der Waals surface area contributed by atoms with Crippen molar-refractivity contribution in [3.63, 3.8) is 0 Å². The number of rotatable bonds is 63. The number of unbranched alkanes of at least 4 members (excludes halogenated alkanes) is 50. The molecule has 0 bridgehead atoms. The highest BCUT2D eigenvalue weighted by atomic mass is 16.5. The van der Waals surface area contributed by atoms with Crippen LogP contribution in [0.5, 0.6) is 0 Å². The van der Waals surface area contributed by atoms with Crippen LogP contribution in [-0.4, -0.2) is 47.4 Å². The number of esters is 1. The lowest BCUT2D eigenvalue weighted by Crippen LogP contribution is -2.45. The highest BCUT2D eigenvalue weighted by Crippen LogP contribution is 2.18. The molecule has 74 heavy (non-hydrogen) atoms. The molecule has 3 N–H and O–H groups in total. The Kier molecular flexibility index (Phi) is 62.4. The Morgan fingerprint density at radius 3 is 0.986 bits per heavy atom. The van der Waals surface area contributed by atoms with Gasteiger partial charge in [0.2, 0.25) is 5.91 Å². The number of carbonyl (C=O) groups excluding carboxylic acids is 2. The monoisotopic (exact) mass is 1040 g/mol. The summed E-state index contributed by atoms with van der Waals surface area (Å²) in [5.41, 5.74) is 0. The van der Waals surface area contributed by atoms with Crippen LogP contribution in [0.2, 0.25) is 0 Å². The first-order chi connectivity index (χ1) is 36.5. The lowest BCUT2D eigenvalue weighted by molar-refractivity contribution is -0.143. The largest absolute Gasteiger partial charge is 0.466 e. The summed E-state index contributed by atoms with van der Waals surface area (Å²) in [7, 11) is 0. The second-order valence-electron chi connectivity index (χ2n) is 23.2. The van der Waals surface area contributed by atoms with Crippen molar-refractivity contribution >= 4 is 11.9 Å². The smallest absolute Gasteiger partial charge is 0.305 e. The van der Waals surface area contributed by atoms with E-state index >= 15 is 0 Å². The van der Waals surface area contributed by atoms with Gasteiger partial charge in [0.05, 0.1) is 25.4 Å². The number of aliphatic hydroxyl groups excluding tert-OH is 2. The van der Waals surface area contributed by atoms with Gasteiger partial charge in [0.1, 0.15) is 0 Å². The molecule has 0 aromatic rings. The highest BCUT2D eigenvalue weighted by molar-refractivity contribution is 5.76.